The Morgan fingerprint density at radius 1 is 1.04 bits per heavy atom. The highest BCUT2D eigenvalue weighted by Gasteiger charge is 2.11. The van der Waals surface area contributed by atoms with E-state index in [-0.39, 0.29) is 11.7 Å². The van der Waals surface area contributed by atoms with Crippen LogP contribution in [0.2, 0.25) is 0 Å². The van der Waals surface area contributed by atoms with Gasteiger partial charge in [0.25, 0.3) is 0 Å². The smallest absolute Gasteiger partial charge is 0.234 e. The third kappa shape index (κ3) is 4.39. The summed E-state index contributed by atoms with van der Waals surface area (Å²) in [7, 11) is 3.15. The quantitative estimate of drug-likeness (QED) is 0.600. The second kappa shape index (κ2) is 8.52. The van der Waals surface area contributed by atoms with Gasteiger partial charge in [0.05, 0.1) is 36.2 Å². The number of aromatic nitrogens is 1. The number of thioether (sulfide) groups is 1. The van der Waals surface area contributed by atoms with Gasteiger partial charge in [-0.15, -0.1) is 0 Å². The Kier molecular flexibility index (Phi) is 6.09. The molecule has 28 heavy (non-hydrogen) atoms. The maximum atomic E-state index is 12.4. The fourth-order valence-electron chi connectivity index (χ4n) is 3.12. The molecule has 0 fully saturated rings. The van der Waals surface area contributed by atoms with Gasteiger partial charge in [-0.1, -0.05) is 23.4 Å². The Labute approximate surface area is 169 Å². The van der Waals surface area contributed by atoms with E-state index >= 15 is 0 Å². The average Bonchev–Trinajstić information content (AvgIpc) is 2.67. The predicted molar refractivity (Wildman–Crippen MR) is 115 cm³/mol. The molecular weight excluding hydrogens is 372 g/mol. The van der Waals surface area contributed by atoms with Crippen molar-refractivity contribution in [2.75, 3.05) is 25.3 Å². The molecule has 0 aliphatic rings. The summed E-state index contributed by atoms with van der Waals surface area (Å²) >= 11 is 1.42. The number of carbonyl (C=O) groups excluding carboxylic acids is 1. The lowest BCUT2D eigenvalue weighted by atomic mass is 10.0. The Morgan fingerprint density at radius 3 is 2.54 bits per heavy atom. The van der Waals surface area contributed by atoms with Gasteiger partial charge in [0, 0.05) is 11.5 Å². The van der Waals surface area contributed by atoms with E-state index in [4.69, 9.17) is 14.5 Å². The molecule has 0 aliphatic heterocycles. The summed E-state index contributed by atoms with van der Waals surface area (Å²) in [5.41, 5.74) is 5.14. The maximum Gasteiger partial charge on any atom is 0.234 e. The van der Waals surface area contributed by atoms with Crippen molar-refractivity contribution < 1.29 is 14.3 Å². The van der Waals surface area contributed by atoms with E-state index in [2.05, 4.69) is 38.2 Å². The lowest BCUT2D eigenvalue weighted by Crippen LogP contribution is -2.14. The standard InChI is InChI=1S/C22H24N2O3S/c1-13-8-15(3)22-17(9-13)14(2)10-21(24-22)28-12-20(25)23-18-7-6-16(26-4)11-19(18)27-5/h6-11H,12H2,1-5H3,(H,23,25). The number of hydrogen-bond acceptors (Lipinski definition) is 5. The average molecular weight is 397 g/mol. The summed E-state index contributed by atoms with van der Waals surface area (Å²) in [6, 6.07) is 11.6. The van der Waals surface area contributed by atoms with Crippen LogP contribution < -0.4 is 14.8 Å². The number of methoxy groups -OCH3 is 2. The van der Waals surface area contributed by atoms with Gasteiger partial charge < -0.3 is 14.8 Å². The Morgan fingerprint density at radius 2 is 1.82 bits per heavy atom. The van der Waals surface area contributed by atoms with Gasteiger partial charge in [-0.2, -0.15) is 0 Å². The summed E-state index contributed by atoms with van der Waals surface area (Å²) < 4.78 is 10.5. The largest absolute Gasteiger partial charge is 0.497 e. The third-order valence-electron chi connectivity index (χ3n) is 4.47. The molecule has 3 rings (SSSR count). The first-order valence-corrected chi connectivity index (χ1v) is 9.93. The van der Waals surface area contributed by atoms with Crippen molar-refractivity contribution >= 4 is 34.3 Å². The molecule has 6 heteroatoms. The first-order chi connectivity index (χ1) is 13.4. The van der Waals surface area contributed by atoms with E-state index in [0.717, 1.165) is 27.1 Å². The van der Waals surface area contributed by atoms with Crippen molar-refractivity contribution in [3.8, 4) is 11.5 Å². The minimum atomic E-state index is -0.117. The minimum absolute atomic E-state index is 0.117. The van der Waals surface area contributed by atoms with E-state index in [1.807, 2.05) is 6.07 Å². The van der Waals surface area contributed by atoms with Crippen LogP contribution in [0.5, 0.6) is 11.5 Å². The molecule has 3 aromatic rings. The molecule has 0 bridgehead atoms. The van der Waals surface area contributed by atoms with E-state index in [1.54, 1.807) is 32.4 Å². The number of aryl methyl sites for hydroxylation is 3. The van der Waals surface area contributed by atoms with Crippen molar-refractivity contribution in [1.82, 2.24) is 4.98 Å². The number of nitrogens with zero attached hydrogens (tertiary/aromatic N) is 1. The molecule has 1 aromatic heterocycles. The van der Waals surface area contributed by atoms with Crippen molar-refractivity contribution in [2.45, 2.75) is 25.8 Å². The molecule has 1 N–H and O–H groups in total. The first kappa shape index (κ1) is 20.0. The summed E-state index contributed by atoms with van der Waals surface area (Å²) in [6.45, 7) is 6.24. The number of carbonyl (C=O) groups is 1. The SMILES string of the molecule is COc1ccc(NC(=O)CSc2cc(C)c3cc(C)cc(C)c3n2)c(OC)c1. The zero-order chi connectivity index (χ0) is 20.3. The molecule has 0 unspecified atom stereocenters. The van der Waals surface area contributed by atoms with Crippen LogP contribution in [0.1, 0.15) is 16.7 Å². The second-order valence-corrected chi connectivity index (χ2v) is 7.65. The van der Waals surface area contributed by atoms with E-state index in [0.29, 0.717) is 17.2 Å². The van der Waals surface area contributed by atoms with Crippen molar-refractivity contribution in [1.29, 1.82) is 0 Å². The number of fused-ring (bicyclic) bond motifs is 1. The molecule has 146 valence electrons. The Balaban J connectivity index is 1.73. The maximum absolute atomic E-state index is 12.4. The molecule has 0 aliphatic carbocycles. The normalized spacial score (nSPS) is 10.8. The van der Waals surface area contributed by atoms with Gasteiger partial charge in [-0.3, -0.25) is 4.79 Å². The van der Waals surface area contributed by atoms with Crippen LogP contribution in [-0.2, 0) is 4.79 Å². The number of benzene rings is 2. The van der Waals surface area contributed by atoms with Gasteiger partial charge >= 0.3 is 0 Å². The lowest BCUT2D eigenvalue weighted by Gasteiger charge is -2.12. The number of amides is 1. The highest BCUT2D eigenvalue weighted by atomic mass is 32.2. The zero-order valence-electron chi connectivity index (χ0n) is 16.8. The highest BCUT2D eigenvalue weighted by molar-refractivity contribution is 7.99. The Bertz CT molecular complexity index is 1030. The van der Waals surface area contributed by atoms with Gasteiger partial charge in [0.2, 0.25) is 5.91 Å². The third-order valence-corrected chi connectivity index (χ3v) is 5.38. The summed E-state index contributed by atoms with van der Waals surface area (Å²) in [5, 5.41) is 4.89. The molecule has 5 nitrogen and oxygen atoms in total. The van der Waals surface area contributed by atoms with Crippen LogP contribution in [-0.4, -0.2) is 30.9 Å². The van der Waals surface area contributed by atoms with Gasteiger partial charge in [0.1, 0.15) is 11.5 Å². The number of ether oxygens (including phenoxy) is 2. The molecule has 0 atom stereocenters. The van der Waals surface area contributed by atoms with Crippen LogP contribution >= 0.6 is 11.8 Å². The number of hydrogen-bond donors (Lipinski definition) is 1. The first-order valence-electron chi connectivity index (χ1n) is 8.94. The molecular formula is C22H24N2O3S. The lowest BCUT2D eigenvalue weighted by molar-refractivity contribution is -0.113. The second-order valence-electron chi connectivity index (χ2n) is 6.66. The molecule has 1 amide bonds. The number of pyridine rings is 1. The monoisotopic (exact) mass is 396 g/mol. The molecule has 0 spiro atoms. The molecule has 1 heterocycles. The summed E-state index contributed by atoms with van der Waals surface area (Å²) in [6.07, 6.45) is 0. The van der Waals surface area contributed by atoms with Gasteiger partial charge in [-0.25, -0.2) is 4.98 Å². The molecule has 0 saturated carbocycles. The number of rotatable bonds is 6. The van der Waals surface area contributed by atoms with E-state index in [9.17, 15) is 4.79 Å². The summed E-state index contributed by atoms with van der Waals surface area (Å²) in [4.78, 5) is 17.2. The summed E-state index contributed by atoms with van der Waals surface area (Å²) in [5.74, 6) is 1.38. The fourth-order valence-corrected chi connectivity index (χ4v) is 3.88. The fraction of sp³-hybridized carbons (Fsp3) is 0.273. The topological polar surface area (TPSA) is 60.5 Å². The highest BCUT2D eigenvalue weighted by Crippen LogP contribution is 2.30. The van der Waals surface area contributed by atoms with Gasteiger partial charge in [-0.05, 0) is 56.2 Å². The van der Waals surface area contributed by atoms with Crippen LogP contribution in [0, 0.1) is 20.8 Å². The molecule has 0 radical (unpaired) electrons. The van der Waals surface area contributed by atoms with E-state index < -0.39 is 0 Å². The van der Waals surface area contributed by atoms with Crippen molar-refractivity contribution in [2.24, 2.45) is 0 Å². The zero-order valence-corrected chi connectivity index (χ0v) is 17.6. The van der Waals surface area contributed by atoms with Crippen LogP contribution in [0.3, 0.4) is 0 Å². The molecule has 2 aromatic carbocycles. The number of nitrogens with one attached hydrogen (secondary N) is 1. The van der Waals surface area contributed by atoms with Crippen molar-refractivity contribution in [3.05, 3.63) is 53.1 Å². The van der Waals surface area contributed by atoms with E-state index in [1.165, 1.54) is 17.3 Å². The predicted octanol–water partition coefficient (Wildman–Crippen LogP) is 4.91. The minimum Gasteiger partial charge on any atom is -0.497 e. The van der Waals surface area contributed by atoms with Gasteiger partial charge in [0.15, 0.2) is 0 Å². The number of anilines is 1. The van der Waals surface area contributed by atoms with Crippen LogP contribution in [0.4, 0.5) is 5.69 Å². The Hall–Kier alpha value is -2.73. The molecule has 0 saturated heterocycles. The van der Waals surface area contributed by atoms with Crippen LogP contribution in [0.25, 0.3) is 10.9 Å². The van der Waals surface area contributed by atoms with Crippen LogP contribution in [0.15, 0.2) is 41.4 Å². The van der Waals surface area contributed by atoms with Crippen molar-refractivity contribution in [3.63, 3.8) is 0 Å².